The van der Waals surface area contributed by atoms with Crippen LogP contribution < -0.4 is 4.74 Å². The van der Waals surface area contributed by atoms with Gasteiger partial charge in [0.15, 0.2) is 0 Å². The molecule has 0 saturated carbocycles. The van der Waals surface area contributed by atoms with E-state index in [1.165, 1.54) is 25.3 Å². The quantitative estimate of drug-likeness (QED) is 0.672. The van der Waals surface area contributed by atoms with E-state index in [0.29, 0.717) is 15.5 Å². The summed E-state index contributed by atoms with van der Waals surface area (Å²) in [6.45, 7) is 0. The molecule has 7 heteroatoms. The molecule has 0 aliphatic rings. The summed E-state index contributed by atoms with van der Waals surface area (Å²) >= 11 is 1.02. The second-order valence-corrected chi connectivity index (χ2v) is 5.08. The summed E-state index contributed by atoms with van der Waals surface area (Å²) in [5.41, 5.74) is 0.000565. The number of para-hydroxylation sites is 1. The molecular formula is C14H11NO5S. The molecule has 0 aliphatic carbocycles. The monoisotopic (exact) mass is 305 g/mol. The maximum absolute atomic E-state index is 11.2. The number of hydrogen-bond acceptors (Lipinski definition) is 5. The number of hydrogen-bond donors (Lipinski definition) is 1. The molecule has 0 atom stereocenters. The second kappa shape index (κ2) is 6.27. The summed E-state index contributed by atoms with van der Waals surface area (Å²) in [4.78, 5) is 22.5. The van der Waals surface area contributed by atoms with Crippen LogP contribution in [0.3, 0.4) is 0 Å². The maximum Gasteiger partial charge on any atom is 0.336 e. The topological polar surface area (TPSA) is 89.7 Å². The van der Waals surface area contributed by atoms with Crippen molar-refractivity contribution in [3.05, 3.63) is 58.1 Å². The van der Waals surface area contributed by atoms with Crippen molar-refractivity contribution < 1.29 is 19.6 Å². The Hall–Kier alpha value is -2.54. The minimum absolute atomic E-state index is 0.0679. The molecule has 0 aromatic heterocycles. The lowest BCUT2D eigenvalue weighted by Gasteiger charge is -2.08. The first kappa shape index (κ1) is 14.9. The van der Waals surface area contributed by atoms with Gasteiger partial charge in [0.05, 0.1) is 22.5 Å². The lowest BCUT2D eigenvalue weighted by atomic mass is 10.2. The van der Waals surface area contributed by atoms with Gasteiger partial charge in [-0.3, -0.25) is 10.1 Å². The molecule has 1 N–H and O–H groups in total. The molecule has 2 rings (SSSR count). The van der Waals surface area contributed by atoms with Gasteiger partial charge in [0.25, 0.3) is 5.69 Å². The lowest BCUT2D eigenvalue weighted by Crippen LogP contribution is -1.99. The predicted molar refractivity (Wildman–Crippen MR) is 77.2 cm³/mol. The number of carbonyl (C=O) groups is 1. The number of rotatable bonds is 5. The van der Waals surface area contributed by atoms with Crippen LogP contribution in [0.5, 0.6) is 5.75 Å². The van der Waals surface area contributed by atoms with Gasteiger partial charge >= 0.3 is 5.97 Å². The Bertz CT molecular complexity index is 702. The number of nitrogens with zero attached hydrogens (tertiary/aromatic N) is 1. The minimum Gasteiger partial charge on any atom is -0.497 e. The van der Waals surface area contributed by atoms with Crippen LogP contribution in [0.1, 0.15) is 10.4 Å². The molecule has 0 aliphatic heterocycles. The smallest absolute Gasteiger partial charge is 0.336 e. The van der Waals surface area contributed by atoms with E-state index >= 15 is 0 Å². The van der Waals surface area contributed by atoms with Crippen molar-refractivity contribution in [2.45, 2.75) is 9.79 Å². The van der Waals surface area contributed by atoms with E-state index < -0.39 is 10.9 Å². The standard InChI is InChI=1S/C14H11NO5S/c1-20-9-6-7-10(14(16)17)13(8-9)21-12-5-3-2-4-11(12)15(18)19/h2-8H,1H3,(H,16,17). The van der Waals surface area contributed by atoms with Crippen molar-refractivity contribution in [3.8, 4) is 5.75 Å². The molecule has 21 heavy (non-hydrogen) atoms. The van der Waals surface area contributed by atoms with E-state index in [-0.39, 0.29) is 11.3 Å². The minimum atomic E-state index is -1.10. The van der Waals surface area contributed by atoms with E-state index in [9.17, 15) is 20.0 Å². The van der Waals surface area contributed by atoms with Gasteiger partial charge in [0, 0.05) is 11.0 Å². The highest BCUT2D eigenvalue weighted by atomic mass is 32.2. The number of nitro benzene ring substituents is 1. The van der Waals surface area contributed by atoms with Crippen LogP contribution in [0, 0.1) is 10.1 Å². The summed E-state index contributed by atoms with van der Waals surface area (Å²) in [5, 5.41) is 20.2. The summed E-state index contributed by atoms with van der Waals surface area (Å²) in [5.74, 6) is -0.611. The van der Waals surface area contributed by atoms with E-state index in [1.54, 1.807) is 24.3 Å². The average Bonchev–Trinajstić information content (AvgIpc) is 2.47. The molecule has 0 amide bonds. The highest BCUT2D eigenvalue weighted by Crippen LogP contribution is 2.37. The zero-order valence-electron chi connectivity index (χ0n) is 11.0. The lowest BCUT2D eigenvalue weighted by molar-refractivity contribution is -0.387. The highest BCUT2D eigenvalue weighted by molar-refractivity contribution is 7.99. The number of nitro groups is 1. The first-order valence-electron chi connectivity index (χ1n) is 5.85. The Labute approximate surface area is 124 Å². The van der Waals surface area contributed by atoms with Crippen LogP contribution in [-0.4, -0.2) is 23.1 Å². The Morgan fingerprint density at radius 1 is 1.24 bits per heavy atom. The Balaban J connectivity index is 2.48. The van der Waals surface area contributed by atoms with Crippen LogP contribution in [-0.2, 0) is 0 Å². The van der Waals surface area contributed by atoms with Gasteiger partial charge in [-0.15, -0.1) is 0 Å². The molecule has 0 radical (unpaired) electrons. The number of ether oxygens (including phenoxy) is 1. The molecule has 0 bridgehead atoms. The molecule has 2 aromatic rings. The van der Waals surface area contributed by atoms with Gasteiger partial charge in [-0.2, -0.15) is 0 Å². The van der Waals surface area contributed by atoms with E-state index in [2.05, 4.69) is 0 Å². The zero-order chi connectivity index (χ0) is 15.4. The average molecular weight is 305 g/mol. The second-order valence-electron chi connectivity index (χ2n) is 3.99. The van der Waals surface area contributed by atoms with Gasteiger partial charge < -0.3 is 9.84 Å². The van der Waals surface area contributed by atoms with Crippen molar-refractivity contribution in [1.29, 1.82) is 0 Å². The van der Waals surface area contributed by atoms with Gasteiger partial charge in [0.1, 0.15) is 5.75 Å². The van der Waals surface area contributed by atoms with Crippen LogP contribution in [0.2, 0.25) is 0 Å². The van der Waals surface area contributed by atoms with Gasteiger partial charge in [-0.1, -0.05) is 23.9 Å². The normalized spacial score (nSPS) is 10.1. The van der Waals surface area contributed by atoms with Crippen molar-refractivity contribution >= 4 is 23.4 Å². The Kier molecular flexibility index (Phi) is 4.44. The Morgan fingerprint density at radius 2 is 1.95 bits per heavy atom. The third kappa shape index (κ3) is 3.32. The molecule has 0 spiro atoms. The maximum atomic E-state index is 11.2. The fraction of sp³-hybridized carbons (Fsp3) is 0.0714. The van der Waals surface area contributed by atoms with E-state index in [0.717, 1.165) is 11.8 Å². The molecule has 0 fully saturated rings. The summed E-state index contributed by atoms with van der Waals surface area (Å²) in [6.07, 6.45) is 0. The fourth-order valence-corrected chi connectivity index (χ4v) is 2.77. The van der Waals surface area contributed by atoms with Crippen molar-refractivity contribution in [3.63, 3.8) is 0 Å². The van der Waals surface area contributed by atoms with Gasteiger partial charge in [0.2, 0.25) is 0 Å². The van der Waals surface area contributed by atoms with Crippen molar-refractivity contribution in [1.82, 2.24) is 0 Å². The first-order chi connectivity index (χ1) is 10.0. The molecule has 2 aromatic carbocycles. The molecule has 0 unspecified atom stereocenters. The third-order valence-electron chi connectivity index (χ3n) is 2.70. The van der Waals surface area contributed by atoms with E-state index in [1.807, 2.05) is 0 Å². The molecule has 108 valence electrons. The molecule has 6 nitrogen and oxygen atoms in total. The Morgan fingerprint density at radius 3 is 2.57 bits per heavy atom. The van der Waals surface area contributed by atoms with Crippen LogP contribution in [0.4, 0.5) is 5.69 Å². The fourth-order valence-electron chi connectivity index (χ4n) is 1.70. The number of methoxy groups -OCH3 is 1. The largest absolute Gasteiger partial charge is 0.497 e. The zero-order valence-corrected chi connectivity index (χ0v) is 11.8. The summed E-state index contributed by atoms with van der Waals surface area (Å²) < 4.78 is 5.06. The summed E-state index contributed by atoms with van der Waals surface area (Å²) in [7, 11) is 1.47. The first-order valence-corrected chi connectivity index (χ1v) is 6.67. The molecule has 0 heterocycles. The molecule has 0 saturated heterocycles. The summed E-state index contributed by atoms with van der Waals surface area (Å²) in [6, 6.07) is 10.7. The van der Waals surface area contributed by atoms with E-state index in [4.69, 9.17) is 4.74 Å². The highest BCUT2D eigenvalue weighted by Gasteiger charge is 2.18. The number of aromatic carboxylic acids is 1. The predicted octanol–water partition coefficient (Wildman–Crippen LogP) is 3.45. The third-order valence-corrected chi connectivity index (χ3v) is 3.82. The van der Waals surface area contributed by atoms with Crippen molar-refractivity contribution in [2.75, 3.05) is 7.11 Å². The van der Waals surface area contributed by atoms with Crippen molar-refractivity contribution in [2.24, 2.45) is 0 Å². The van der Waals surface area contributed by atoms with Crippen LogP contribution in [0.15, 0.2) is 52.3 Å². The van der Waals surface area contributed by atoms with Gasteiger partial charge in [-0.25, -0.2) is 4.79 Å². The SMILES string of the molecule is COc1ccc(C(=O)O)c(Sc2ccccc2[N+](=O)[O-])c1. The number of carboxylic acids is 1. The van der Waals surface area contributed by atoms with Crippen LogP contribution >= 0.6 is 11.8 Å². The number of benzene rings is 2. The molecular weight excluding hydrogens is 294 g/mol. The van der Waals surface area contributed by atoms with Gasteiger partial charge in [-0.05, 0) is 24.3 Å². The van der Waals surface area contributed by atoms with Crippen LogP contribution in [0.25, 0.3) is 0 Å². The number of carboxylic acid groups (broad SMARTS) is 1.